The zero-order valence-electron chi connectivity index (χ0n) is 22.5. The molecular formula is C32H32BNO2. The van der Waals surface area contributed by atoms with Crippen molar-refractivity contribution < 1.29 is 9.53 Å². The molecule has 36 heavy (non-hydrogen) atoms. The number of carbonyl (C=O) groups excluding carboxylic acids is 1. The van der Waals surface area contributed by atoms with Crippen molar-refractivity contribution in [3.05, 3.63) is 81.9 Å². The molecule has 180 valence electrons. The Morgan fingerprint density at radius 3 is 2.11 bits per heavy atom. The van der Waals surface area contributed by atoms with Gasteiger partial charge in [0.25, 0.3) is 0 Å². The van der Waals surface area contributed by atoms with Crippen LogP contribution in [0.2, 0.25) is 0 Å². The van der Waals surface area contributed by atoms with Gasteiger partial charge in [0.1, 0.15) is 5.75 Å². The van der Waals surface area contributed by atoms with Crippen molar-refractivity contribution in [1.82, 2.24) is 0 Å². The summed E-state index contributed by atoms with van der Waals surface area (Å²) in [5, 5.41) is 2.10. The maximum Gasteiger partial charge on any atom is 0.424 e. The summed E-state index contributed by atoms with van der Waals surface area (Å²) in [6.07, 6.45) is -0.338. The largest absolute Gasteiger partial charge is 0.424 e. The molecule has 4 aromatic rings. The van der Waals surface area contributed by atoms with E-state index in [0.717, 1.165) is 22.1 Å². The fourth-order valence-corrected chi connectivity index (χ4v) is 6.25. The Balaban J connectivity index is 1.79. The molecule has 0 N–H and O–H groups in total. The van der Waals surface area contributed by atoms with E-state index < -0.39 is 0 Å². The highest BCUT2D eigenvalue weighted by Crippen LogP contribution is 2.43. The van der Waals surface area contributed by atoms with Gasteiger partial charge in [-0.3, -0.25) is 0 Å². The Morgan fingerprint density at radius 2 is 1.44 bits per heavy atom. The van der Waals surface area contributed by atoms with E-state index in [9.17, 15) is 4.79 Å². The second kappa shape index (κ2) is 7.49. The Hall–Kier alpha value is -3.53. The summed E-state index contributed by atoms with van der Waals surface area (Å²) in [7, 11) is 0. The minimum atomic E-state index is -0.338. The number of anilines is 2. The molecule has 0 unspecified atom stereocenters. The van der Waals surface area contributed by atoms with E-state index in [4.69, 9.17) is 4.74 Å². The van der Waals surface area contributed by atoms with Gasteiger partial charge in [0.2, 0.25) is 6.71 Å². The monoisotopic (exact) mass is 473 g/mol. The number of hydrogen-bond donors (Lipinski definition) is 0. The predicted octanol–water partition coefficient (Wildman–Crippen LogP) is 6.16. The van der Waals surface area contributed by atoms with Crippen molar-refractivity contribution in [2.24, 2.45) is 0 Å². The smallest absolute Gasteiger partial charge is 0.409 e. The molecule has 2 aliphatic heterocycles. The molecule has 0 saturated heterocycles. The number of amides is 1. The van der Waals surface area contributed by atoms with Crippen LogP contribution in [0.5, 0.6) is 5.75 Å². The predicted molar refractivity (Wildman–Crippen MR) is 152 cm³/mol. The third-order valence-electron chi connectivity index (χ3n) is 8.72. The lowest BCUT2D eigenvalue weighted by atomic mass is 9.33. The minimum absolute atomic E-state index is 0.0119. The van der Waals surface area contributed by atoms with Gasteiger partial charge in [0.05, 0.1) is 5.69 Å². The van der Waals surface area contributed by atoms with E-state index in [1.54, 1.807) is 0 Å². The summed E-state index contributed by atoms with van der Waals surface area (Å²) in [5.74, 6) is 0.642. The molecule has 6 rings (SSSR count). The lowest BCUT2D eigenvalue weighted by molar-refractivity contribution is 0.210. The summed E-state index contributed by atoms with van der Waals surface area (Å²) < 4.78 is 5.88. The topological polar surface area (TPSA) is 29.5 Å². The van der Waals surface area contributed by atoms with Crippen LogP contribution in [0.4, 0.5) is 16.2 Å². The van der Waals surface area contributed by atoms with Crippen LogP contribution >= 0.6 is 0 Å². The van der Waals surface area contributed by atoms with Crippen LogP contribution in [0.3, 0.4) is 0 Å². The minimum Gasteiger partial charge on any atom is -0.409 e. The highest BCUT2D eigenvalue weighted by Gasteiger charge is 2.43. The van der Waals surface area contributed by atoms with Crippen LogP contribution in [0, 0.1) is 34.6 Å². The average molecular weight is 473 g/mol. The van der Waals surface area contributed by atoms with Crippen LogP contribution in [0.15, 0.2) is 48.5 Å². The van der Waals surface area contributed by atoms with Crippen molar-refractivity contribution in [1.29, 1.82) is 0 Å². The highest BCUT2D eigenvalue weighted by atomic mass is 16.6. The molecule has 2 aliphatic rings. The summed E-state index contributed by atoms with van der Waals surface area (Å²) >= 11 is 0. The van der Waals surface area contributed by atoms with Gasteiger partial charge in [-0.1, -0.05) is 73.8 Å². The van der Waals surface area contributed by atoms with Crippen LogP contribution < -0.4 is 26.0 Å². The summed E-state index contributed by atoms with van der Waals surface area (Å²) in [6.45, 7) is 18.0. The number of fused-ring (bicyclic) bond motifs is 2. The summed E-state index contributed by atoms with van der Waals surface area (Å²) in [4.78, 5) is 15.3. The number of nitrogens with zero attached hydrogens (tertiary/aromatic N) is 1. The first-order valence-electron chi connectivity index (χ1n) is 12.8. The van der Waals surface area contributed by atoms with Gasteiger partial charge < -0.3 is 4.74 Å². The zero-order chi connectivity index (χ0) is 25.7. The van der Waals surface area contributed by atoms with Crippen molar-refractivity contribution in [2.45, 2.75) is 60.8 Å². The third kappa shape index (κ3) is 2.97. The third-order valence-corrected chi connectivity index (χ3v) is 8.72. The maximum absolute atomic E-state index is 13.5. The van der Waals surface area contributed by atoms with Gasteiger partial charge in [-0.05, 0) is 90.7 Å². The summed E-state index contributed by atoms with van der Waals surface area (Å²) in [6, 6.07) is 17.0. The molecule has 1 amide bonds. The van der Waals surface area contributed by atoms with E-state index in [1.807, 2.05) is 17.0 Å². The van der Waals surface area contributed by atoms with Crippen molar-refractivity contribution in [3.8, 4) is 5.75 Å². The first-order valence-corrected chi connectivity index (χ1v) is 12.8. The first kappa shape index (κ1) is 22.9. The van der Waals surface area contributed by atoms with Crippen molar-refractivity contribution >= 4 is 51.3 Å². The van der Waals surface area contributed by atoms with Gasteiger partial charge in [-0.25, -0.2) is 9.69 Å². The number of rotatable bonds is 1. The fourth-order valence-electron chi connectivity index (χ4n) is 6.25. The quantitative estimate of drug-likeness (QED) is 0.310. The second-order valence-electron chi connectivity index (χ2n) is 11.6. The molecule has 4 aromatic carbocycles. The molecule has 0 fully saturated rings. The molecular weight excluding hydrogens is 441 g/mol. The molecule has 2 heterocycles. The fraction of sp³-hybridized carbons (Fsp3) is 0.281. The lowest BCUT2D eigenvalue weighted by Crippen LogP contribution is -2.61. The molecule has 4 heteroatoms. The highest BCUT2D eigenvalue weighted by molar-refractivity contribution is 6.99. The van der Waals surface area contributed by atoms with Crippen molar-refractivity contribution in [2.75, 3.05) is 4.90 Å². The van der Waals surface area contributed by atoms with Gasteiger partial charge >= 0.3 is 6.09 Å². The van der Waals surface area contributed by atoms with Crippen LogP contribution in [-0.4, -0.2) is 12.8 Å². The Labute approximate surface area is 214 Å². The van der Waals surface area contributed by atoms with Crippen molar-refractivity contribution in [3.63, 3.8) is 0 Å². The van der Waals surface area contributed by atoms with E-state index >= 15 is 0 Å². The number of ether oxygens (including phenoxy) is 1. The van der Waals surface area contributed by atoms with Gasteiger partial charge in [-0.2, -0.15) is 0 Å². The normalized spacial score (nSPS) is 14.3. The zero-order valence-corrected chi connectivity index (χ0v) is 22.5. The first-order chi connectivity index (χ1) is 17.0. The van der Waals surface area contributed by atoms with Gasteiger partial charge in [-0.15, -0.1) is 0 Å². The lowest BCUT2D eigenvalue weighted by Gasteiger charge is -2.40. The van der Waals surface area contributed by atoms with Gasteiger partial charge in [0, 0.05) is 11.1 Å². The molecule has 0 atom stereocenters. The molecule has 0 aliphatic carbocycles. The molecule has 0 saturated carbocycles. The van der Waals surface area contributed by atoms with E-state index in [2.05, 4.69) is 91.8 Å². The van der Waals surface area contributed by atoms with E-state index in [-0.39, 0.29) is 18.2 Å². The molecule has 0 spiro atoms. The van der Waals surface area contributed by atoms with Crippen LogP contribution in [0.25, 0.3) is 10.8 Å². The number of hydrogen-bond acceptors (Lipinski definition) is 2. The molecule has 3 nitrogen and oxygen atoms in total. The maximum atomic E-state index is 13.5. The van der Waals surface area contributed by atoms with E-state index in [0.29, 0.717) is 5.75 Å². The average Bonchev–Trinajstić information content (AvgIpc) is 2.84. The Bertz CT molecular complexity index is 1600. The summed E-state index contributed by atoms with van der Waals surface area (Å²) in [5.41, 5.74) is 13.5. The van der Waals surface area contributed by atoms with Crippen LogP contribution in [0.1, 0.15) is 54.2 Å². The number of benzene rings is 4. The van der Waals surface area contributed by atoms with Gasteiger partial charge in [0.15, 0.2) is 0 Å². The van der Waals surface area contributed by atoms with E-state index in [1.165, 1.54) is 49.8 Å². The second-order valence-corrected chi connectivity index (χ2v) is 11.6. The molecule has 0 radical (unpaired) electrons. The standard InChI is InChI=1S/C32H32BNO2/c1-17-18(2)20(4)29(21(5)19(17)3)33-24-14-12-22-10-9-11-27-28(22)30(24)34(31(35)36-27)26-15-13-23(16-25(26)33)32(6,7)8/h9-16H,1-8H3. The molecule has 0 bridgehead atoms. The van der Waals surface area contributed by atoms with Crippen LogP contribution in [-0.2, 0) is 5.41 Å². The Kier molecular flexibility index (Phi) is 4.77. The number of carbonyl (C=O) groups is 1. The SMILES string of the molecule is Cc1c(C)c(C)c(B2c3cc(C(C)(C)C)ccc3N3C(=O)Oc4cccc5ccc2c3c45)c(C)c1C. The molecule has 0 aromatic heterocycles. The Morgan fingerprint density at radius 1 is 0.778 bits per heavy atom.